The predicted octanol–water partition coefficient (Wildman–Crippen LogP) is 12.8. The molecule has 0 bridgehead atoms. The third kappa shape index (κ3) is 13.7. The van der Waals surface area contributed by atoms with Crippen LogP contribution in [0.4, 0.5) is 0 Å². The summed E-state index contributed by atoms with van der Waals surface area (Å²) in [4.78, 5) is 22.4. The molecule has 0 atom stereocenters. The van der Waals surface area contributed by atoms with Crippen LogP contribution in [0.3, 0.4) is 0 Å². The van der Waals surface area contributed by atoms with E-state index in [1.165, 1.54) is 85.5 Å². The van der Waals surface area contributed by atoms with Gasteiger partial charge in [0.05, 0.1) is 11.6 Å². The molecule has 4 aliphatic rings. The second-order valence-electron chi connectivity index (χ2n) is 18.5. The average Bonchev–Trinajstić information content (AvgIpc) is 4.06. The normalized spacial score (nSPS) is 15.0. The summed E-state index contributed by atoms with van der Waals surface area (Å²) >= 11 is 0. The van der Waals surface area contributed by atoms with Gasteiger partial charge in [-0.25, -0.2) is 0 Å². The number of hydrogen-bond donors (Lipinski definition) is 0. The van der Waals surface area contributed by atoms with Crippen molar-refractivity contribution in [2.45, 2.75) is 105 Å². The molecule has 364 valence electrons. The summed E-state index contributed by atoms with van der Waals surface area (Å²) in [5.41, 5.74) is 9.98. The summed E-state index contributed by atoms with van der Waals surface area (Å²) in [5, 5.41) is 8.65. The molecule has 6 heterocycles. The molecule has 2 fully saturated rings. The SMILES string of the molecule is C1CN=C2[N-]CCCN2C1.C1CN=C2[N-]CCCN2C1.CC(C)c1cccc(C(C)C)c1-n1ccnc1-c1[c-]cccc1.CC(C)c1cccc(C(C)C)c1-n1ccnc1-c1[c-]cccc1.[Pt+2].[Pt+2]. The number of para-hydroxylation sites is 2. The van der Waals surface area contributed by atoms with Gasteiger partial charge >= 0.3 is 42.1 Å². The second kappa shape index (κ2) is 26.8. The van der Waals surface area contributed by atoms with E-state index in [4.69, 9.17) is 0 Å². The van der Waals surface area contributed by atoms with Crippen LogP contribution in [-0.4, -0.2) is 93.2 Å². The van der Waals surface area contributed by atoms with Gasteiger partial charge in [0.15, 0.2) is 0 Å². The van der Waals surface area contributed by atoms with E-state index in [9.17, 15) is 0 Å². The largest absolute Gasteiger partial charge is 2.00 e. The number of aliphatic imine (C=N–C) groups is 2. The molecular weight excluding hydrogens is 1200 g/mol. The molecular formula is C56H70N10Pt2. The molecule has 10 nitrogen and oxygen atoms in total. The van der Waals surface area contributed by atoms with Crippen LogP contribution in [-0.2, 0) is 42.1 Å². The van der Waals surface area contributed by atoms with Gasteiger partial charge in [-0.1, -0.05) is 91.8 Å². The molecule has 0 radical (unpaired) electrons. The van der Waals surface area contributed by atoms with Crippen molar-refractivity contribution in [2.75, 3.05) is 52.4 Å². The van der Waals surface area contributed by atoms with Gasteiger partial charge in [-0.05, 0) is 124 Å². The Morgan fingerprint density at radius 2 is 0.838 bits per heavy atom. The van der Waals surface area contributed by atoms with Gasteiger partial charge < -0.3 is 39.6 Å². The van der Waals surface area contributed by atoms with Crippen molar-refractivity contribution in [3.8, 4) is 34.2 Å². The van der Waals surface area contributed by atoms with Crippen molar-refractivity contribution >= 4 is 11.9 Å². The van der Waals surface area contributed by atoms with Crippen LogP contribution in [0.25, 0.3) is 44.8 Å². The van der Waals surface area contributed by atoms with Crippen LogP contribution in [0, 0.1) is 12.1 Å². The third-order valence-electron chi connectivity index (χ3n) is 12.3. The van der Waals surface area contributed by atoms with Crippen LogP contribution in [0.1, 0.15) is 127 Å². The van der Waals surface area contributed by atoms with E-state index in [0.717, 1.165) is 60.9 Å². The van der Waals surface area contributed by atoms with Crippen molar-refractivity contribution in [3.63, 3.8) is 0 Å². The van der Waals surface area contributed by atoms with Crippen LogP contribution < -0.4 is 0 Å². The maximum Gasteiger partial charge on any atom is 2.00 e. The first-order chi connectivity index (χ1) is 32.1. The van der Waals surface area contributed by atoms with E-state index in [0.29, 0.717) is 23.7 Å². The maximum atomic E-state index is 4.60. The van der Waals surface area contributed by atoms with Crippen molar-refractivity contribution < 1.29 is 42.1 Å². The molecule has 0 N–H and O–H groups in total. The van der Waals surface area contributed by atoms with Gasteiger partial charge in [0.1, 0.15) is 0 Å². The van der Waals surface area contributed by atoms with Crippen LogP contribution in [0.2, 0.25) is 0 Å². The van der Waals surface area contributed by atoms with Crippen LogP contribution in [0.15, 0.2) is 120 Å². The Labute approximate surface area is 436 Å². The van der Waals surface area contributed by atoms with E-state index in [1.54, 1.807) is 0 Å². The number of rotatable bonds is 8. The summed E-state index contributed by atoms with van der Waals surface area (Å²) in [5.74, 6) is 5.74. The van der Waals surface area contributed by atoms with Gasteiger partial charge in [0.25, 0.3) is 0 Å². The zero-order valence-electron chi connectivity index (χ0n) is 41.3. The molecule has 6 aromatic rings. The molecule has 0 amide bonds. The molecule has 12 heteroatoms. The Bertz CT molecular complexity index is 2260. The minimum Gasteiger partial charge on any atom is -0.426 e. The quantitative estimate of drug-likeness (QED) is 0.142. The number of benzene rings is 4. The molecule has 2 aromatic heterocycles. The molecule has 2 saturated heterocycles. The Kier molecular flexibility index (Phi) is 21.4. The number of guanidine groups is 2. The minimum absolute atomic E-state index is 0. The fourth-order valence-corrected chi connectivity index (χ4v) is 8.90. The monoisotopic (exact) mass is 1270 g/mol. The summed E-state index contributed by atoms with van der Waals surface area (Å²) in [6.07, 6.45) is 12.7. The van der Waals surface area contributed by atoms with E-state index in [1.807, 2.05) is 48.8 Å². The van der Waals surface area contributed by atoms with Crippen molar-refractivity contribution in [2.24, 2.45) is 9.98 Å². The summed E-state index contributed by atoms with van der Waals surface area (Å²) in [7, 11) is 0. The van der Waals surface area contributed by atoms with Crippen molar-refractivity contribution in [1.82, 2.24) is 28.9 Å². The zero-order valence-corrected chi connectivity index (χ0v) is 45.8. The Balaban J connectivity index is 0.000000179. The fourth-order valence-electron chi connectivity index (χ4n) is 8.90. The summed E-state index contributed by atoms with van der Waals surface area (Å²) < 4.78 is 4.44. The molecule has 4 aliphatic heterocycles. The van der Waals surface area contributed by atoms with Gasteiger partial charge in [0.2, 0.25) is 0 Å². The van der Waals surface area contributed by atoms with Crippen molar-refractivity contribution in [3.05, 3.63) is 155 Å². The number of fused-ring (bicyclic) bond motifs is 2. The van der Waals surface area contributed by atoms with E-state index in [-0.39, 0.29) is 42.1 Å². The molecule has 0 saturated carbocycles. The predicted molar refractivity (Wildman–Crippen MR) is 275 cm³/mol. The van der Waals surface area contributed by atoms with Gasteiger partial charge in [-0.15, -0.1) is 71.8 Å². The smallest absolute Gasteiger partial charge is 0.426 e. The number of hydrogen-bond acceptors (Lipinski definition) is 6. The maximum absolute atomic E-state index is 4.60. The van der Waals surface area contributed by atoms with Gasteiger partial charge in [-0.3, -0.25) is 9.97 Å². The van der Waals surface area contributed by atoms with E-state index < -0.39 is 0 Å². The number of imidazole rings is 2. The first-order valence-corrected chi connectivity index (χ1v) is 24.3. The Morgan fingerprint density at radius 3 is 1.16 bits per heavy atom. The molecule has 68 heavy (non-hydrogen) atoms. The zero-order chi connectivity index (χ0) is 46.4. The van der Waals surface area contributed by atoms with Crippen molar-refractivity contribution in [1.29, 1.82) is 0 Å². The fraction of sp³-hybridized carbons (Fsp3) is 0.429. The molecule has 0 unspecified atom stereocenters. The van der Waals surface area contributed by atoms with Crippen LogP contribution >= 0.6 is 0 Å². The standard InChI is InChI=1S/2C21H23N2.2C7H12N3.2Pt/c2*1-15(2)18-11-8-12-19(16(3)4)20(18)23-14-13-22-21(23)17-9-6-5-7-10-17;2*1-3-8-7-9-4-2-6-10(7)5-1;;/h2*5-9,11-16H,1-4H3;2*1-6H2;;/q4*-1;2*+2. The molecule has 10 rings (SSSR count). The van der Waals surface area contributed by atoms with Crippen LogP contribution in [0.5, 0.6) is 0 Å². The topological polar surface area (TPSA) is 95.0 Å². The Hall–Kier alpha value is -4.78. The molecule has 0 spiro atoms. The van der Waals surface area contributed by atoms with Gasteiger partial charge in [-0.2, -0.15) is 0 Å². The molecule has 4 aromatic carbocycles. The molecule has 0 aliphatic carbocycles. The first-order valence-electron chi connectivity index (χ1n) is 24.3. The summed E-state index contributed by atoms with van der Waals surface area (Å²) in [6, 6.07) is 35.9. The van der Waals surface area contributed by atoms with Gasteiger partial charge in [0, 0.05) is 48.1 Å². The van der Waals surface area contributed by atoms with E-state index in [2.05, 4.69) is 178 Å². The van der Waals surface area contributed by atoms with E-state index >= 15 is 0 Å². The first kappa shape index (κ1) is 54.2. The summed E-state index contributed by atoms with van der Waals surface area (Å²) in [6.45, 7) is 26.6. The third-order valence-corrected chi connectivity index (χ3v) is 12.3. The average molecular weight is 1270 g/mol. The second-order valence-corrected chi connectivity index (χ2v) is 18.5. The number of aromatic nitrogens is 4. The Morgan fingerprint density at radius 1 is 0.471 bits per heavy atom. The number of nitrogens with zero attached hydrogens (tertiary/aromatic N) is 10. The minimum atomic E-state index is 0.